The van der Waals surface area contributed by atoms with Crippen LogP contribution >= 0.6 is 11.8 Å². The molecule has 1 heteroatoms. The predicted octanol–water partition coefficient (Wildman–Crippen LogP) is 4.39. The molecular weight excluding hydrogens is 188 g/mol. The fraction of sp³-hybridized carbons (Fsp3) is 0.538. The Bertz CT molecular complexity index is 268. The van der Waals surface area contributed by atoms with E-state index in [0.29, 0.717) is 0 Å². The van der Waals surface area contributed by atoms with Crippen LogP contribution in [0.4, 0.5) is 0 Å². The van der Waals surface area contributed by atoms with Gasteiger partial charge in [0.1, 0.15) is 0 Å². The van der Waals surface area contributed by atoms with Gasteiger partial charge in [0.15, 0.2) is 0 Å². The zero-order valence-electron chi connectivity index (χ0n) is 9.42. The molecule has 0 saturated heterocycles. The minimum Gasteiger partial charge on any atom is -0.129 e. The van der Waals surface area contributed by atoms with Gasteiger partial charge in [0.05, 0.1) is 0 Å². The molecule has 1 aromatic rings. The van der Waals surface area contributed by atoms with Crippen molar-refractivity contribution in [3.8, 4) is 0 Å². The number of thioether (sulfide) groups is 1. The minimum atomic E-state index is 0.813. The van der Waals surface area contributed by atoms with E-state index in [4.69, 9.17) is 0 Å². The summed E-state index contributed by atoms with van der Waals surface area (Å²) in [6.07, 6.45) is 6.01. The van der Waals surface area contributed by atoms with Crippen molar-refractivity contribution in [3.63, 3.8) is 0 Å². The van der Waals surface area contributed by atoms with E-state index in [2.05, 4.69) is 44.4 Å². The normalized spacial score (nSPS) is 12.8. The van der Waals surface area contributed by atoms with Gasteiger partial charge in [-0.3, -0.25) is 0 Å². The van der Waals surface area contributed by atoms with Crippen LogP contribution in [0.3, 0.4) is 0 Å². The first-order valence-corrected chi connectivity index (χ1v) is 6.62. The molecule has 0 radical (unpaired) electrons. The first-order valence-electron chi connectivity index (χ1n) is 5.39. The highest BCUT2D eigenvalue weighted by molar-refractivity contribution is 7.98. The van der Waals surface area contributed by atoms with Gasteiger partial charge in [0.2, 0.25) is 0 Å². The second-order valence-corrected chi connectivity index (χ2v) is 4.76. The molecule has 0 spiro atoms. The molecule has 0 fully saturated rings. The lowest BCUT2D eigenvalue weighted by atomic mass is 9.97. The summed E-state index contributed by atoms with van der Waals surface area (Å²) in [4.78, 5) is 1.44. The van der Waals surface area contributed by atoms with Crippen LogP contribution in [-0.2, 0) is 6.42 Å². The lowest BCUT2D eigenvalue weighted by Gasteiger charge is -2.12. The smallest absolute Gasteiger partial charge is 0.0101 e. The first kappa shape index (κ1) is 11.6. The summed E-state index contributed by atoms with van der Waals surface area (Å²) in [6.45, 7) is 4.61. The Kier molecular flexibility index (Phi) is 5.10. The summed E-state index contributed by atoms with van der Waals surface area (Å²) in [5.74, 6) is 0.813. The van der Waals surface area contributed by atoms with Crippen molar-refractivity contribution >= 4 is 11.8 Å². The van der Waals surface area contributed by atoms with Gasteiger partial charge in [-0.15, -0.1) is 11.8 Å². The number of benzene rings is 1. The third-order valence-electron chi connectivity index (χ3n) is 2.54. The van der Waals surface area contributed by atoms with Gasteiger partial charge in [-0.05, 0) is 30.2 Å². The molecule has 0 aromatic heterocycles. The molecule has 0 aliphatic carbocycles. The molecule has 0 heterocycles. The van der Waals surface area contributed by atoms with Crippen molar-refractivity contribution in [3.05, 3.63) is 29.8 Å². The van der Waals surface area contributed by atoms with Gasteiger partial charge >= 0.3 is 0 Å². The molecular formula is C13H20S. The molecule has 0 saturated carbocycles. The molecule has 1 aromatic carbocycles. The summed E-state index contributed by atoms with van der Waals surface area (Å²) >= 11 is 1.86. The maximum atomic E-state index is 2.35. The van der Waals surface area contributed by atoms with Crippen LogP contribution in [0, 0.1) is 5.92 Å². The maximum absolute atomic E-state index is 2.35. The Morgan fingerprint density at radius 3 is 2.64 bits per heavy atom. The summed E-state index contributed by atoms with van der Waals surface area (Å²) in [6, 6.07) is 8.75. The quantitative estimate of drug-likeness (QED) is 0.647. The Hall–Kier alpha value is -0.430. The largest absolute Gasteiger partial charge is 0.129 e. The fourth-order valence-electron chi connectivity index (χ4n) is 1.84. The molecule has 1 atom stereocenters. The molecule has 1 unspecified atom stereocenters. The predicted molar refractivity (Wildman–Crippen MR) is 66.0 cm³/mol. The first-order chi connectivity index (χ1) is 6.77. The van der Waals surface area contributed by atoms with E-state index >= 15 is 0 Å². The van der Waals surface area contributed by atoms with Gasteiger partial charge in [-0.1, -0.05) is 44.9 Å². The highest BCUT2D eigenvalue weighted by Crippen LogP contribution is 2.23. The third kappa shape index (κ3) is 3.38. The Balaban J connectivity index is 2.65. The minimum absolute atomic E-state index is 0.813. The van der Waals surface area contributed by atoms with Gasteiger partial charge in [0.25, 0.3) is 0 Å². The standard InChI is InChI=1S/C13H20S/c1-4-7-11(2)10-12-8-5-6-9-13(12)14-3/h5-6,8-9,11H,4,7,10H2,1-3H3. The van der Waals surface area contributed by atoms with Crippen LogP contribution in [0.5, 0.6) is 0 Å². The number of hydrogen-bond acceptors (Lipinski definition) is 1. The van der Waals surface area contributed by atoms with E-state index in [0.717, 1.165) is 5.92 Å². The number of hydrogen-bond donors (Lipinski definition) is 0. The van der Waals surface area contributed by atoms with Crippen LogP contribution in [-0.4, -0.2) is 6.26 Å². The topological polar surface area (TPSA) is 0 Å². The summed E-state index contributed by atoms with van der Waals surface area (Å²) in [7, 11) is 0. The zero-order valence-corrected chi connectivity index (χ0v) is 10.2. The molecule has 0 aliphatic heterocycles. The second-order valence-electron chi connectivity index (χ2n) is 3.91. The lowest BCUT2D eigenvalue weighted by Crippen LogP contribution is -2.00. The lowest BCUT2D eigenvalue weighted by molar-refractivity contribution is 0.519. The molecule has 0 N–H and O–H groups in total. The van der Waals surface area contributed by atoms with E-state index in [1.54, 1.807) is 0 Å². The van der Waals surface area contributed by atoms with Gasteiger partial charge in [-0.25, -0.2) is 0 Å². The summed E-state index contributed by atoms with van der Waals surface area (Å²) in [5, 5.41) is 0. The SMILES string of the molecule is CCCC(C)Cc1ccccc1SC. The van der Waals surface area contributed by atoms with Crippen LogP contribution in [0.2, 0.25) is 0 Å². The molecule has 0 bridgehead atoms. The van der Waals surface area contributed by atoms with Crippen LogP contribution < -0.4 is 0 Å². The monoisotopic (exact) mass is 208 g/mol. The summed E-state index contributed by atoms with van der Waals surface area (Å²) in [5.41, 5.74) is 1.51. The van der Waals surface area contributed by atoms with E-state index in [9.17, 15) is 0 Å². The molecule has 0 nitrogen and oxygen atoms in total. The summed E-state index contributed by atoms with van der Waals surface area (Å²) < 4.78 is 0. The van der Waals surface area contributed by atoms with Crippen molar-refractivity contribution in [2.75, 3.05) is 6.26 Å². The average molecular weight is 208 g/mol. The van der Waals surface area contributed by atoms with Gasteiger partial charge in [0, 0.05) is 4.90 Å². The Morgan fingerprint density at radius 2 is 2.00 bits per heavy atom. The second kappa shape index (κ2) is 6.13. The van der Waals surface area contributed by atoms with Crippen molar-refractivity contribution in [2.24, 2.45) is 5.92 Å². The molecule has 0 aliphatic rings. The zero-order chi connectivity index (χ0) is 10.4. The Labute approximate surface area is 92.1 Å². The van der Waals surface area contributed by atoms with Crippen LogP contribution in [0.15, 0.2) is 29.2 Å². The maximum Gasteiger partial charge on any atom is 0.0101 e. The van der Waals surface area contributed by atoms with E-state index in [1.807, 2.05) is 11.8 Å². The fourth-order valence-corrected chi connectivity index (χ4v) is 2.47. The van der Waals surface area contributed by atoms with Crippen LogP contribution in [0.25, 0.3) is 0 Å². The van der Waals surface area contributed by atoms with Gasteiger partial charge in [-0.2, -0.15) is 0 Å². The Morgan fingerprint density at radius 1 is 1.29 bits per heavy atom. The average Bonchev–Trinajstić information content (AvgIpc) is 2.19. The molecule has 1 rings (SSSR count). The van der Waals surface area contributed by atoms with E-state index in [-0.39, 0.29) is 0 Å². The van der Waals surface area contributed by atoms with Crippen molar-refractivity contribution in [2.45, 2.75) is 38.0 Å². The molecule has 0 amide bonds. The number of rotatable bonds is 5. The third-order valence-corrected chi connectivity index (χ3v) is 3.38. The molecule has 14 heavy (non-hydrogen) atoms. The van der Waals surface area contributed by atoms with Gasteiger partial charge < -0.3 is 0 Å². The highest BCUT2D eigenvalue weighted by atomic mass is 32.2. The van der Waals surface area contributed by atoms with Crippen molar-refractivity contribution in [1.82, 2.24) is 0 Å². The van der Waals surface area contributed by atoms with Crippen LogP contribution in [0.1, 0.15) is 32.3 Å². The van der Waals surface area contributed by atoms with Crippen molar-refractivity contribution in [1.29, 1.82) is 0 Å². The van der Waals surface area contributed by atoms with E-state index in [1.165, 1.54) is 29.7 Å². The molecule has 78 valence electrons. The van der Waals surface area contributed by atoms with Crippen molar-refractivity contribution < 1.29 is 0 Å². The van der Waals surface area contributed by atoms with E-state index < -0.39 is 0 Å². The highest BCUT2D eigenvalue weighted by Gasteiger charge is 2.05.